The molecular weight excluding hydrogens is 350 g/mol. The van der Waals surface area contributed by atoms with Gasteiger partial charge in [0.05, 0.1) is 15.4 Å². The summed E-state index contributed by atoms with van der Waals surface area (Å²) >= 11 is 23.3. The Labute approximate surface area is 121 Å². The van der Waals surface area contributed by atoms with Crippen LogP contribution in [0.5, 0.6) is 0 Å². The number of hydrogen-bond donors (Lipinski definition) is 0. The second-order valence-corrected chi connectivity index (χ2v) is 6.22. The Bertz CT molecular complexity index is 510. The zero-order valence-corrected chi connectivity index (χ0v) is 12.6. The highest BCUT2D eigenvalue weighted by atomic mass is 79.9. The number of rotatable bonds is 2. The molecule has 1 unspecified atom stereocenters. The molecule has 84 valence electrons. The van der Waals surface area contributed by atoms with Gasteiger partial charge in [0.1, 0.15) is 0 Å². The van der Waals surface area contributed by atoms with Gasteiger partial charge in [-0.3, -0.25) is 0 Å². The van der Waals surface area contributed by atoms with E-state index in [0.717, 1.165) is 14.9 Å². The molecule has 0 saturated heterocycles. The van der Waals surface area contributed by atoms with Gasteiger partial charge in [0, 0.05) is 9.35 Å². The van der Waals surface area contributed by atoms with Crippen molar-refractivity contribution in [3.63, 3.8) is 0 Å². The van der Waals surface area contributed by atoms with Crippen molar-refractivity contribution < 1.29 is 0 Å². The van der Waals surface area contributed by atoms with E-state index < -0.39 is 0 Å². The summed E-state index contributed by atoms with van der Waals surface area (Å²) in [5.41, 5.74) is 0.944. The Balaban J connectivity index is 2.38. The van der Waals surface area contributed by atoms with Gasteiger partial charge >= 0.3 is 0 Å². The molecule has 2 rings (SSSR count). The van der Waals surface area contributed by atoms with Gasteiger partial charge in [-0.25, -0.2) is 0 Å². The predicted molar refractivity (Wildman–Crippen MR) is 76.2 cm³/mol. The molecule has 0 aliphatic carbocycles. The molecule has 0 spiro atoms. The maximum Gasteiger partial charge on any atom is 0.0939 e. The van der Waals surface area contributed by atoms with Gasteiger partial charge in [-0.2, -0.15) is 0 Å². The lowest BCUT2D eigenvalue weighted by Gasteiger charge is -2.09. The highest BCUT2D eigenvalue weighted by Crippen LogP contribution is 2.39. The van der Waals surface area contributed by atoms with Gasteiger partial charge in [-0.15, -0.1) is 22.9 Å². The maximum absolute atomic E-state index is 6.38. The van der Waals surface area contributed by atoms with Gasteiger partial charge < -0.3 is 0 Å². The lowest BCUT2D eigenvalue weighted by atomic mass is 10.1. The minimum absolute atomic E-state index is 0.204. The van der Waals surface area contributed by atoms with Gasteiger partial charge in [-0.1, -0.05) is 29.3 Å². The molecule has 0 fully saturated rings. The van der Waals surface area contributed by atoms with E-state index in [1.807, 2.05) is 17.5 Å². The van der Waals surface area contributed by atoms with E-state index in [9.17, 15) is 0 Å². The summed E-state index contributed by atoms with van der Waals surface area (Å²) in [7, 11) is 0. The van der Waals surface area contributed by atoms with Crippen LogP contribution >= 0.6 is 62.1 Å². The molecule has 2 aromatic rings. The SMILES string of the molecule is Clc1ccc(C(Cl)c2sccc2Br)cc1Cl. The Morgan fingerprint density at radius 2 is 1.88 bits per heavy atom. The van der Waals surface area contributed by atoms with Crippen LogP contribution in [0, 0.1) is 0 Å². The number of alkyl halides is 1. The molecule has 0 N–H and O–H groups in total. The Morgan fingerprint density at radius 1 is 1.12 bits per heavy atom. The van der Waals surface area contributed by atoms with Crippen LogP contribution < -0.4 is 0 Å². The van der Waals surface area contributed by atoms with E-state index in [2.05, 4.69) is 15.9 Å². The van der Waals surface area contributed by atoms with Crippen LogP contribution in [-0.2, 0) is 0 Å². The lowest BCUT2D eigenvalue weighted by Crippen LogP contribution is -1.91. The molecule has 0 aliphatic heterocycles. The molecule has 5 heteroatoms. The van der Waals surface area contributed by atoms with Gasteiger partial charge in [0.15, 0.2) is 0 Å². The third-order valence-corrected chi connectivity index (χ3v) is 5.39. The van der Waals surface area contributed by atoms with Crippen LogP contribution in [0.15, 0.2) is 34.1 Å². The van der Waals surface area contributed by atoms with Crippen molar-refractivity contribution in [3.8, 4) is 0 Å². The predicted octanol–water partition coefficient (Wildman–Crippen LogP) is 6.15. The number of thiophene rings is 1. The van der Waals surface area contributed by atoms with E-state index >= 15 is 0 Å². The number of hydrogen-bond acceptors (Lipinski definition) is 1. The average molecular weight is 356 g/mol. The maximum atomic E-state index is 6.38. The molecule has 1 aromatic carbocycles. The molecular formula is C11H6BrCl3S. The molecule has 16 heavy (non-hydrogen) atoms. The first kappa shape index (κ1) is 12.7. The summed E-state index contributed by atoms with van der Waals surface area (Å²) in [5, 5.41) is 2.85. The third-order valence-electron chi connectivity index (χ3n) is 2.11. The summed E-state index contributed by atoms with van der Waals surface area (Å²) in [6.45, 7) is 0. The molecule has 0 radical (unpaired) electrons. The first-order valence-corrected chi connectivity index (χ1v) is 7.28. The van der Waals surface area contributed by atoms with E-state index in [0.29, 0.717) is 10.0 Å². The minimum atomic E-state index is -0.204. The monoisotopic (exact) mass is 354 g/mol. The Kier molecular flexibility index (Phi) is 4.20. The van der Waals surface area contributed by atoms with Crippen molar-refractivity contribution >= 4 is 62.1 Å². The van der Waals surface area contributed by atoms with Crippen molar-refractivity contribution in [2.45, 2.75) is 5.38 Å². The van der Waals surface area contributed by atoms with Crippen LogP contribution in [0.2, 0.25) is 10.0 Å². The second kappa shape index (κ2) is 5.28. The Hall–Kier alpha value is 0.270. The fourth-order valence-electron chi connectivity index (χ4n) is 1.31. The summed E-state index contributed by atoms with van der Waals surface area (Å²) < 4.78 is 1.02. The van der Waals surface area contributed by atoms with E-state index in [-0.39, 0.29) is 5.38 Å². The van der Waals surface area contributed by atoms with E-state index in [1.165, 1.54) is 0 Å². The standard InChI is InChI=1S/C11H6BrCl3S/c12-7-3-4-16-11(7)10(15)6-1-2-8(13)9(14)5-6/h1-5,10H. The van der Waals surface area contributed by atoms with Gasteiger partial charge in [0.2, 0.25) is 0 Å². The van der Waals surface area contributed by atoms with Crippen LogP contribution in [0.1, 0.15) is 15.8 Å². The molecule has 0 nitrogen and oxygen atoms in total. The molecule has 0 saturated carbocycles. The van der Waals surface area contributed by atoms with Crippen LogP contribution in [0.3, 0.4) is 0 Å². The normalized spacial score (nSPS) is 12.8. The average Bonchev–Trinajstić information content (AvgIpc) is 2.67. The summed E-state index contributed by atoms with van der Waals surface area (Å²) in [6, 6.07) is 7.43. The zero-order valence-electron chi connectivity index (χ0n) is 7.88. The van der Waals surface area contributed by atoms with Crippen LogP contribution in [-0.4, -0.2) is 0 Å². The highest BCUT2D eigenvalue weighted by molar-refractivity contribution is 9.10. The lowest BCUT2D eigenvalue weighted by molar-refractivity contribution is 1.17. The molecule has 1 aromatic heterocycles. The fourth-order valence-corrected chi connectivity index (χ4v) is 3.76. The molecule has 0 aliphatic rings. The van der Waals surface area contributed by atoms with E-state index in [4.69, 9.17) is 34.8 Å². The third kappa shape index (κ3) is 2.57. The van der Waals surface area contributed by atoms with E-state index in [1.54, 1.807) is 23.5 Å². The number of halogens is 4. The summed E-state index contributed by atoms with van der Waals surface area (Å²) in [5.74, 6) is 0. The van der Waals surface area contributed by atoms with Crippen molar-refractivity contribution in [2.75, 3.05) is 0 Å². The molecule has 1 atom stereocenters. The second-order valence-electron chi connectivity index (χ2n) is 3.17. The zero-order chi connectivity index (χ0) is 11.7. The highest BCUT2D eigenvalue weighted by Gasteiger charge is 2.16. The Morgan fingerprint density at radius 3 is 2.44 bits per heavy atom. The molecule has 1 heterocycles. The minimum Gasteiger partial charge on any atom is -0.146 e. The van der Waals surface area contributed by atoms with Crippen molar-refractivity contribution in [1.82, 2.24) is 0 Å². The first-order chi connectivity index (χ1) is 7.59. The first-order valence-electron chi connectivity index (χ1n) is 4.41. The van der Waals surface area contributed by atoms with Gasteiger partial charge in [0.25, 0.3) is 0 Å². The number of benzene rings is 1. The fraction of sp³-hybridized carbons (Fsp3) is 0.0909. The van der Waals surface area contributed by atoms with Crippen molar-refractivity contribution in [3.05, 3.63) is 54.6 Å². The van der Waals surface area contributed by atoms with Crippen LogP contribution in [0.4, 0.5) is 0 Å². The van der Waals surface area contributed by atoms with Crippen molar-refractivity contribution in [2.24, 2.45) is 0 Å². The quantitative estimate of drug-likeness (QED) is 0.567. The smallest absolute Gasteiger partial charge is 0.0939 e. The topological polar surface area (TPSA) is 0 Å². The molecule has 0 amide bonds. The molecule has 0 bridgehead atoms. The van der Waals surface area contributed by atoms with Crippen molar-refractivity contribution in [1.29, 1.82) is 0 Å². The largest absolute Gasteiger partial charge is 0.146 e. The van der Waals surface area contributed by atoms with Gasteiger partial charge in [-0.05, 0) is 45.1 Å². The summed E-state index contributed by atoms with van der Waals surface area (Å²) in [4.78, 5) is 1.07. The van der Waals surface area contributed by atoms with Crippen LogP contribution in [0.25, 0.3) is 0 Å². The summed E-state index contributed by atoms with van der Waals surface area (Å²) in [6.07, 6.45) is 0.